The molecular formula is C11H17N3O. The van der Waals surface area contributed by atoms with Crippen molar-refractivity contribution < 1.29 is 4.79 Å². The number of carbonyl (C=O) groups is 1. The van der Waals surface area contributed by atoms with E-state index < -0.39 is 0 Å². The van der Waals surface area contributed by atoms with E-state index in [-0.39, 0.29) is 5.92 Å². The van der Waals surface area contributed by atoms with Crippen LogP contribution in [0.3, 0.4) is 0 Å². The maximum Gasteiger partial charge on any atom is 0.144 e. The lowest BCUT2D eigenvalue weighted by atomic mass is 9.93. The number of piperidine rings is 1. The lowest BCUT2D eigenvalue weighted by molar-refractivity contribution is -0.121. The van der Waals surface area contributed by atoms with Gasteiger partial charge in [-0.25, -0.2) is 4.98 Å². The molecule has 4 nitrogen and oxygen atoms in total. The molecule has 1 fully saturated rings. The topological polar surface area (TPSA) is 46.9 Å². The van der Waals surface area contributed by atoms with Gasteiger partial charge in [-0.2, -0.15) is 0 Å². The number of ketones is 1. The maximum absolute atomic E-state index is 11.8. The van der Waals surface area contributed by atoms with E-state index in [0.717, 1.165) is 30.3 Å². The van der Waals surface area contributed by atoms with E-state index in [4.69, 9.17) is 0 Å². The van der Waals surface area contributed by atoms with Gasteiger partial charge in [-0.05, 0) is 13.8 Å². The molecule has 2 heterocycles. The Hall–Kier alpha value is -1.16. The standard InChI is InChI=1S/C11H17N3O/c1-7-11(14(3)8(2)13-7)9-6-12-5-4-10(9)15/h9,12H,4-6H2,1-3H3. The summed E-state index contributed by atoms with van der Waals surface area (Å²) < 4.78 is 2.03. The predicted molar refractivity (Wildman–Crippen MR) is 57.9 cm³/mol. The fourth-order valence-corrected chi connectivity index (χ4v) is 2.27. The van der Waals surface area contributed by atoms with E-state index in [1.54, 1.807) is 0 Å². The first-order valence-electron chi connectivity index (χ1n) is 5.34. The van der Waals surface area contributed by atoms with Gasteiger partial charge < -0.3 is 9.88 Å². The zero-order valence-electron chi connectivity index (χ0n) is 9.50. The molecule has 1 aromatic rings. The van der Waals surface area contributed by atoms with Gasteiger partial charge in [0, 0.05) is 26.6 Å². The van der Waals surface area contributed by atoms with E-state index in [9.17, 15) is 4.79 Å². The number of Topliss-reactive ketones (excluding diaryl/α,β-unsaturated/α-hetero) is 1. The summed E-state index contributed by atoms with van der Waals surface area (Å²) in [7, 11) is 1.98. The summed E-state index contributed by atoms with van der Waals surface area (Å²) >= 11 is 0. The van der Waals surface area contributed by atoms with Gasteiger partial charge >= 0.3 is 0 Å². The minimum absolute atomic E-state index is 0.00931. The highest BCUT2D eigenvalue weighted by Gasteiger charge is 2.28. The largest absolute Gasteiger partial charge is 0.334 e. The van der Waals surface area contributed by atoms with E-state index in [1.165, 1.54) is 0 Å². The molecule has 1 N–H and O–H groups in total. The van der Waals surface area contributed by atoms with E-state index in [2.05, 4.69) is 10.3 Å². The Labute approximate surface area is 89.7 Å². The van der Waals surface area contributed by atoms with Crippen molar-refractivity contribution >= 4 is 5.78 Å². The molecule has 1 aliphatic heterocycles. The van der Waals surface area contributed by atoms with Crippen molar-refractivity contribution in [1.29, 1.82) is 0 Å². The van der Waals surface area contributed by atoms with Crippen molar-refractivity contribution in [2.45, 2.75) is 26.2 Å². The highest BCUT2D eigenvalue weighted by Crippen LogP contribution is 2.23. The molecule has 0 amide bonds. The minimum Gasteiger partial charge on any atom is -0.334 e. The van der Waals surface area contributed by atoms with Crippen molar-refractivity contribution in [3.05, 3.63) is 17.2 Å². The summed E-state index contributed by atoms with van der Waals surface area (Å²) in [6, 6.07) is 0. The molecule has 82 valence electrons. The maximum atomic E-state index is 11.8. The molecule has 0 aromatic carbocycles. The number of hydrogen-bond donors (Lipinski definition) is 1. The van der Waals surface area contributed by atoms with Gasteiger partial charge in [0.2, 0.25) is 0 Å². The summed E-state index contributed by atoms with van der Waals surface area (Å²) in [6.07, 6.45) is 0.633. The van der Waals surface area contributed by atoms with Crippen molar-refractivity contribution in [1.82, 2.24) is 14.9 Å². The molecule has 1 aliphatic rings. The fourth-order valence-electron chi connectivity index (χ4n) is 2.27. The average molecular weight is 207 g/mol. The molecule has 1 saturated heterocycles. The lowest BCUT2D eigenvalue weighted by Gasteiger charge is -2.22. The second-order valence-electron chi connectivity index (χ2n) is 4.16. The third-order valence-corrected chi connectivity index (χ3v) is 3.16. The van der Waals surface area contributed by atoms with Crippen molar-refractivity contribution in [3.8, 4) is 0 Å². The zero-order chi connectivity index (χ0) is 11.0. The Bertz CT molecular complexity index is 395. The van der Waals surface area contributed by atoms with Crippen LogP contribution in [0.2, 0.25) is 0 Å². The molecule has 2 rings (SSSR count). The zero-order valence-corrected chi connectivity index (χ0v) is 9.50. The summed E-state index contributed by atoms with van der Waals surface area (Å²) in [4.78, 5) is 16.2. The number of nitrogens with zero attached hydrogens (tertiary/aromatic N) is 2. The molecule has 15 heavy (non-hydrogen) atoms. The SMILES string of the molecule is Cc1nc(C)n(C)c1C1CNCCC1=O. The molecule has 0 saturated carbocycles. The van der Waals surface area contributed by atoms with Crippen molar-refractivity contribution in [3.63, 3.8) is 0 Å². The van der Waals surface area contributed by atoms with E-state index in [0.29, 0.717) is 12.2 Å². The monoisotopic (exact) mass is 207 g/mol. The number of carbonyl (C=O) groups excluding carboxylic acids is 1. The normalized spacial score (nSPS) is 22.1. The number of aromatic nitrogens is 2. The van der Waals surface area contributed by atoms with Crippen LogP contribution >= 0.6 is 0 Å². The molecule has 0 aliphatic carbocycles. The summed E-state index contributed by atoms with van der Waals surface area (Å²) in [5.41, 5.74) is 2.06. The second-order valence-corrected chi connectivity index (χ2v) is 4.16. The number of hydrogen-bond acceptors (Lipinski definition) is 3. The summed E-state index contributed by atoms with van der Waals surface area (Å²) in [5, 5.41) is 3.27. The van der Waals surface area contributed by atoms with Crippen LogP contribution < -0.4 is 5.32 Å². The molecule has 1 unspecified atom stereocenters. The Morgan fingerprint density at radius 2 is 2.20 bits per heavy atom. The third kappa shape index (κ3) is 1.69. The van der Waals surface area contributed by atoms with Crippen LogP contribution in [0.15, 0.2) is 0 Å². The molecular weight excluding hydrogens is 190 g/mol. The van der Waals surface area contributed by atoms with Crippen molar-refractivity contribution in [2.75, 3.05) is 13.1 Å². The van der Waals surface area contributed by atoms with Gasteiger partial charge in [0.25, 0.3) is 0 Å². The first-order valence-corrected chi connectivity index (χ1v) is 5.34. The number of imidazole rings is 1. The fraction of sp³-hybridized carbons (Fsp3) is 0.636. The van der Waals surface area contributed by atoms with Crippen LogP contribution in [0.25, 0.3) is 0 Å². The Morgan fingerprint density at radius 1 is 1.47 bits per heavy atom. The average Bonchev–Trinajstić information content (AvgIpc) is 2.43. The minimum atomic E-state index is -0.00931. The van der Waals surface area contributed by atoms with Crippen molar-refractivity contribution in [2.24, 2.45) is 7.05 Å². The Kier molecular flexibility index (Phi) is 2.61. The second kappa shape index (κ2) is 3.77. The Balaban J connectivity index is 2.39. The van der Waals surface area contributed by atoms with Gasteiger partial charge in [-0.1, -0.05) is 0 Å². The molecule has 1 atom stereocenters. The summed E-state index contributed by atoms with van der Waals surface area (Å²) in [6.45, 7) is 5.51. The van der Waals surface area contributed by atoms with Crippen LogP contribution in [-0.2, 0) is 11.8 Å². The van der Waals surface area contributed by atoms with E-state index >= 15 is 0 Å². The Morgan fingerprint density at radius 3 is 2.73 bits per heavy atom. The number of rotatable bonds is 1. The highest BCUT2D eigenvalue weighted by molar-refractivity contribution is 5.86. The first-order chi connectivity index (χ1) is 7.11. The smallest absolute Gasteiger partial charge is 0.144 e. The van der Waals surface area contributed by atoms with Crippen LogP contribution in [0, 0.1) is 13.8 Å². The van der Waals surface area contributed by atoms with Gasteiger partial charge in [0.1, 0.15) is 11.6 Å². The van der Waals surface area contributed by atoms with Gasteiger partial charge in [0.05, 0.1) is 17.3 Å². The molecule has 0 spiro atoms. The molecule has 0 radical (unpaired) electrons. The lowest BCUT2D eigenvalue weighted by Crippen LogP contribution is -2.36. The molecule has 1 aromatic heterocycles. The number of nitrogens with one attached hydrogen (secondary N) is 1. The van der Waals surface area contributed by atoms with Crippen LogP contribution in [0.1, 0.15) is 29.6 Å². The quantitative estimate of drug-likeness (QED) is 0.736. The molecule has 4 heteroatoms. The highest BCUT2D eigenvalue weighted by atomic mass is 16.1. The van der Waals surface area contributed by atoms with Gasteiger partial charge in [-0.15, -0.1) is 0 Å². The van der Waals surface area contributed by atoms with Crippen LogP contribution in [-0.4, -0.2) is 28.4 Å². The van der Waals surface area contributed by atoms with E-state index in [1.807, 2.05) is 25.5 Å². The third-order valence-electron chi connectivity index (χ3n) is 3.16. The van der Waals surface area contributed by atoms with Crippen LogP contribution in [0.5, 0.6) is 0 Å². The first kappa shape index (κ1) is 10.4. The van der Waals surface area contributed by atoms with Crippen LogP contribution in [0.4, 0.5) is 0 Å². The van der Waals surface area contributed by atoms with Gasteiger partial charge in [0.15, 0.2) is 0 Å². The van der Waals surface area contributed by atoms with Gasteiger partial charge in [-0.3, -0.25) is 4.79 Å². The predicted octanol–water partition coefficient (Wildman–Crippen LogP) is 0.683. The summed E-state index contributed by atoms with van der Waals surface area (Å²) in [5.74, 6) is 1.30. The molecule has 0 bridgehead atoms. The number of aryl methyl sites for hydroxylation is 2.